The van der Waals surface area contributed by atoms with E-state index in [-0.39, 0.29) is 16.6 Å². The van der Waals surface area contributed by atoms with E-state index in [1.54, 1.807) is 26.0 Å². The summed E-state index contributed by atoms with van der Waals surface area (Å²) >= 11 is 0. The quantitative estimate of drug-likeness (QED) is 0.657. The summed E-state index contributed by atoms with van der Waals surface area (Å²) < 4.78 is 28.2. The van der Waals surface area contributed by atoms with Crippen LogP contribution in [0.1, 0.15) is 25.8 Å². The Labute approximate surface area is 118 Å². The molecule has 0 unspecified atom stereocenters. The fourth-order valence-corrected chi connectivity index (χ4v) is 2.31. The van der Waals surface area contributed by atoms with Gasteiger partial charge in [-0.15, -0.1) is 0 Å². The van der Waals surface area contributed by atoms with Crippen molar-refractivity contribution in [1.82, 2.24) is 5.43 Å². The molecule has 1 N–H and O–H groups in total. The van der Waals surface area contributed by atoms with Crippen LogP contribution >= 0.6 is 0 Å². The van der Waals surface area contributed by atoms with Gasteiger partial charge in [0.1, 0.15) is 10.6 Å². The highest BCUT2D eigenvalue weighted by Gasteiger charge is 2.15. The van der Waals surface area contributed by atoms with Crippen LogP contribution < -0.4 is 10.2 Å². The second-order valence-corrected chi connectivity index (χ2v) is 6.21. The first-order valence-electron chi connectivity index (χ1n) is 6.01. The molecule has 20 heavy (non-hydrogen) atoms. The molecule has 0 aromatic heterocycles. The summed E-state index contributed by atoms with van der Waals surface area (Å²) in [6.45, 7) is 3.44. The summed E-state index contributed by atoms with van der Waals surface area (Å²) in [5.41, 5.74) is 3.64. The zero-order chi connectivity index (χ0) is 15.3. The van der Waals surface area contributed by atoms with Gasteiger partial charge in [-0.1, -0.05) is 13.0 Å². The monoisotopic (exact) mass is 298 g/mol. The first kappa shape index (κ1) is 16.2. The van der Waals surface area contributed by atoms with Crippen molar-refractivity contribution in [3.63, 3.8) is 0 Å². The Hall–Kier alpha value is -1.89. The number of hydrogen-bond donors (Lipinski definition) is 1. The maximum Gasteiger partial charge on any atom is 0.239 e. The van der Waals surface area contributed by atoms with E-state index < -0.39 is 9.84 Å². The topological polar surface area (TPSA) is 84.8 Å². The molecule has 0 aliphatic carbocycles. The molecular formula is C13H18N2O4S. The molecule has 0 heterocycles. The van der Waals surface area contributed by atoms with Gasteiger partial charge in [-0.2, -0.15) is 5.10 Å². The van der Waals surface area contributed by atoms with E-state index in [1.165, 1.54) is 13.2 Å². The number of carbonyl (C=O) groups excluding carboxylic acids is 1. The Morgan fingerprint density at radius 3 is 2.55 bits per heavy atom. The second-order valence-electron chi connectivity index (χ2n) is 4.22. The number of amides is 1. The van der Waals surface area contributed by atoms with E-state index >= 15 is 0 Å². The fraction of sp³-hybridized carbons (Fsp3) is 0.385. The Kier molecular flexibility index (Phi) is 5.26. The molecule has 0 aliphatic rings. The van der Waals surface area contributed by atoms with Gasteiger partial charge >= 0.3 is 0 Å². The molecule has 1 aromatic carbocycles. The largest absolute Gasteiger partial charge is 0.495 e. The molecule has 0 saturated heterocycles. The minimum atomic E-state index is -3.35. The summed E-state index contributed by atoms with van der Waals surface area (Å²) in [4.78, 5) is 11.3. The normalized spacial score (nSPS) is 12.1. The zero-order valence-corrected chi connectivity index (χ0v) is 12.7. The van der Waals surface area contributed by atoms with Crippen molar-refractivity contribution in [3.05, 3.63) is 23.8 Å². The SMILES string of the molecule is CCC(=O)NN=C(C)c1ccc(S(C)(=O)=O)c(OC)c1. The van der Waals surface area contributed by atoms with Gasteiger partial charge in [0.25, 0.3) is 0 Å². The third-order valence-electron chi connectivity index (χ3n) is 2.65. The van der Waals surface area contributed by atoms with Gasteiger partial charge in [-0.25, -0.2) is 13.8 Å². The number of nitrogens with one attached hydrogen (secondary N) is 1. The number of benzene rings is 1. The van der Waals surface area contributed by atoms with Crippen molar-refractivity contribution < 1.29 is 17.9 Å². The van der Waals surface area contributed by atoms with Crippen LogP contribution in [-0.4, -0.2) is 33.4 Å². The lowest BCUT2D eigenvalue weighted by atomic mass is 10.1. The molecule has 6 nitrogen and oxygen atoms in total. The molecule has 0 radical (unpaired) electrons. The van der Waals surface area contributed by atoms with Crippen LogP contribution in [0.3, 0.4) is 0 Å². The summed E-state index contributed by atoms with van der Waals surface area (Å²) in [7, 11) is -1.95. The molecule has 0 spiro atoms. The highest BCUT2D eigenvalue weighted by atomic mass is 32.2. The molecule has 0 bridgehead atoms. The summed E-state index contributed by atoms with van der Waals surface area (Å²) in [6, 6.07) is 4.66. The molecule has 0 aliphatic heterocycles. The van der Waals surface area contributed by atoms with E-state index in [2.05, 4.69) is 10.5 Å². The fourth-order valence-electron chi connectivity index (χ4n) is 1.49. The van der Waals surface area contributed by atoms with Gasteiger partial charge in [-0.3, -0.25) is 4.79 Å². The average Bonchev–Trinajstić information content (AvgIpc) is 2.42. The molecule has 1 amide bonds. The Balaban J connectivity index is 3.13. The number of rotatable bonds is 5. The highest BCUT2D eigenvalue weighted by Crippen LogP contribution is 2.25. The van der Waals surface area contributed by atoms with Gasteiger partial charge in [0, 0.05) is 18.2 Å². The molecule has 0 fully saturated rings. The van der Waals surface area contributed by atoms with Crippen molar-refractivity contribution in [2.24, 2.45) is 5.10 Å². The molecule has 0 atom stereocenters. The van der Waals surface area contributed by atoms with Crippen LogP contribution in [-0.2, 0) is 14.6 Å². The van der Waals surface area contributed by atoms with Crippen molar-refractivity contribution in [3.8, 4) is 5.75 Å². The molecule has 1 rings (SSSR count). The summed E-state index contributed by atoms with van der Waals surface area (Å²) in [5.74, 6) is 0.0606. The van der Waals surface area contributed by atoms with Crippen LogP contribution in [0.25, 0.3) is 0 Å². The minimum absolute atomic E-state index is 0.120. The number of ether oxygens (including phenoxy) is 1. The molecule has 7 heteroatoms. The van der Waals surface area contributed by atoms with Gasteiger partial charge in [-0.05, 0) is 19.1 Å². The first-order chi connectivity index (χ1) is 9.29. The Bertz CT molecular complexity index is 636. The molecule has 110 valence electrons. The third-order valence-corrected chi connectivity index (χ3v) is 3.79. The van der Waals surface area contributed by atoms with E-state index in [0.717, 1.165) is 6.26 Å². The number of hydrogen-bond acceptors (Lipinski definition) is 5. The minimum Gasteiger partial charge on any atom is -0.495 e. The van der Waals surface area contributed by atoms with Gasteiger partial charge in [0.2, 0.25) is 5.91 Å². The number of methoxy groups -OCH3 is 1. The van der Waals surface area contributed by atoms with Crippen LogP contribution in [0.4, 0.5) is 0 Å². The van der Waals surface area contributed by atoms with Crippen molar-refractivity contribution >= 4 is 21.5 Å². The van der Waals surface area contributed by atoms with E-state index in [4.69, 9.17) is 4.74 Å². The lowest BCUT2D eigenvalue weighted by Gasteiger charge is -2.09. The van der Waals surface area contributed by atoms with Crippen LogP contribution in [0, 0.1) is 0 Å². The lowest BCUT2D eigenvalue weighted by Crippen LogP contribution is -2.17. The highest BCUT2D eigenvalue weighted by molar-refractivity contribution is 7.90. The standard InChI is InChI=1S/C13H18N2O4S/c1-5-13(16)15-14-9(2)10-6-7-12(20(4,17)18)11(8-10)19-3/h6-8H,5H2,1-4H3,(H,15,16). The molecule has 1 aromatic rings. The van der Waals surface area contributed by atoms with Crippen molar-refractivity contribution in [1.29, 1.82) is 0 Å². The summed E-state index contributed by atoms with van der Waals surface area (Å²) in [6.07, 6.45) is 1.46. The van der Waals surface area contributed by atoms with E-state index in [0.29, 0.717) is 17.7 Å². The maximum absolute atomic E-state index is 11.6. The first-order valence-corrected chi connectivity index (χ1v) is 7.90. The van der Waals surface area contributed by atoms with Crippen LogP contribution in [0.2, 0.25) is 0 Å². The smallest absolute Gasteiger partial charge is 0.239 e. The molecular weight excluding hydrogens is 280 g/mol. The lowest BCUT2D eigenvalue weighted by molar-refractivity contribution is -0.120. The summed E-state index contributed by atoms with van der Waals surface area (Å²) in [5, 5.41) is 3.94. The third kappa shape index (κ3) is 4.06. The van der Waals surface area contributed by atoms with E-state index in [1.807, 2.05) is 0 Å². The van der Waals surface area contributed by atoms with Crippen LogP contribution in [0.15, 0.2) is 28.2 Å². The number of hydrazone groups is 1. The zero-order valence-electron chi connectivity index (χ0n) is 11.9. The number of carbonyl (C=O) groups is 1. The van der Waals surface area contributed by atoms with Gasteiger partial charge < -0.3 is 4.74 Å². The Morgan fingerprint density at radius 1 is 1.40 bits per heavy atom. The number of nitrogens with zero attached hydrogens (tertiary/aromatic N) is 1. The maximum atomic E-state index is 11.6. The van der Waals surface area contributed by atoms with Crippen molar-refractivity contribution in [2.75, 3.05) is 13.4 Å². The second kappa shape index (κ2) is 6.51. The average molecular weight is 298 g/mol. The Morgan fingerprint density at radius 2 is 2.05 bits per heavy atom. The van der Waals surface area contributed by atoms with E-state index in [9.17, 15) is 13.2 Å². The molecule has 0 saturated carbocycles. The van der Waals surface area contributed by atoms with Gasteiger partial charge in [0.15, 0.2) is 9.84 Å². The van der Waals surface area contributed by atoms with Gasteiger partial charge in [0.05, 0.1) is 12.8 Å². The van der Waals surface area contributed by atoms with Crippen molar-refractivity contribution in [2.45, 2.75) is 25.2 Å². The number of sulfone groups is 1. The van der Waals surface area contributed by atoms with Crippen LogP contribution in [0.5, 0.6) is 5.75 Å². The predicted octanol–water partition coefficient (Wildman–Crippen LogP) is 1.35. The predicted molar refractivity (Wildman–Crippen MR) is 76.7 cm³/mol.